The molecule has 72 valence electrons. The molecular weight excluding hydrogens is 178 g/mol. The van der Waals surface area contributed by atoms with Gasteiger partial charge in [0.05, 0.1) is 6.61 Å². The van der Waals surface area contributed by atoms with E-state index in [1.807, 2.05) is 30.3 Å². The van der Waals surface area contributed by atoms with E-state index in [1.165, 1.54) is 6.33 Å². The molecule has 0 aliphatic rings. The maximum absolute atomic E-state index is 5.49. The van der Waals surface area contributed by atoms with Crippen molar-refractivity contribution in [3.63, 3.8) is 0 Å². The number of nitrogens with one attached hydrogen (secondary N) is 1. The third kappa shape index (κ3) is 2.32. The summed E-state index contributed by atoms with van der Waals surface area (Å²) in [6, 6.07) is 9.72. The highest BCUT2D eigenvalue weighted by Gasteiger charge is 1.96. The number of aromatic amines is 1. The standard InChI is InChI=1S/C10H11N3O/c1-2-4-9(5-3-1)14-7-6-10-11-8-12-13-10/h1-5,8H,6-7H2,(H,11,12,13). The van der Waals surface area contributed by atoms with Crippen LogP contribution in [0.1, 0.15) is 5.82 Å². The molecule has 0 saturated heterocycles. The van der Waals surface area contributed by atoms with Gasteiger partial charge in [-0.15, -0.1) is 0 Å². The molecule has 4 nitrogen and oxygen atoms in total. The monoisotopic (exact) mass is 189 g/mol. The molecule has 0 amide bonds. The Morgan fingerprint density at radius 2 is 2.07 bits per heavy atom. The SMILES string of the molecule is c1ccc(OCCc2ncn[nH]2)cc1. The highest BCUT2D eigenvalue weighted by Crippen LogP contribution is 2.08. The number of aromatic nitrogens is 3. The van der Waals surface area contributed by atoms with Crippen LogP contribution >= 0.6 is 0 Å². The molecule has 1 heterocycles. The van der Waals surface area contributed by atoms with E-state index >= 15 is 0 Å². The van der Waals surface area contributed by atoms with E-state index in [0.29, 0.717) is 6.61 Å². The van der Waals surface area contributed by atoms with Gasteiger partial charge in [0, 0.05) is 6.42 Å². The smallest absolute Gasteiger partial charge is 0.137 e. The van der Waals surface area contributed by atoms with Crippen molar-refractivity contribution in [3.05, 3.63) is 42.5 Å². The van der Waals surface area contributed by atoms with Gasteiger partial charge in [-0.05, 0) is 12.1 Å². The van der Waals surface area contributed by atoms with Gasteiger partial charge in [-0.2, -0.15) is 5.10 Å². The second kappa shape index (κ2) is 4.41. The first-order chi connectivity index (χ1) is 6.95. The first-order valence-corrected chi connectivity index (χ1v) is 4.47. The normalized spacial score (nSPS) is 10.0. The van der Waals surface area contributed by atoms with Crippen LogP contribution < -0.4 is 4.74 Å². The summed E-state index contributed by atoms with van der Waals surface area (Å²) in [4.78, 5) is 4.00. The topological polar surface area (TPSA) is 50.8 Å². The lowest BCUT2D eigenvalue weighted by Crippen LogP contribution is -2.02. The Morgan fingerprint density at radius 3 is 2.79 bits per heavy atom. The predicted molar refractivity (Wildman–Crippen MR) is 52.0 cm³/mol. The number of H-pyrrole nitrogens is 1. The number of nitrogens with zero attached hydrogens (tertiary/aromatic N) is 2. The predicted octanol–water partition coefficient (Wildman–Crippen LogP) is 1.43. The van der Waals surface area contributed by atoms with Gasteiger partial charge in [-0.3, -0.25) is 5.10 Å². The van der Waals surface area contributed by atoms with Crippen LogP contribution in [0.2, 0.25) is 0 Å². The van der Waals surface area contributed by atoms with Crippen LogP contribution in [0.5, 0.6) is 5.75 Å². The Balaban J connectivity index is 1.79. The van der Waals surface area contributed by atoms with Gasteiger partial charge in [-0.1, -0.05) is 18.2 Å². The minimum atomic E-state index is 0.610. The third-order valence-corrected chi connectivity index (χ3v) is 1.82. The average Bonchev–Trinajstić information content (AvgIpc) is 2.72. The molecular formula is C10H11N3O. The molecule has 0 saturated carbocycles. The minimum absolute atomic E-state index is 0.610. The first kappa shape index (κ1) is 8.74. The lowest BCUT2D eigenvalue weighted by molar-refractivity contribution is 0.319. The molecule has 0 atom stereocenters. The Labute approximate surface area is 81.9 Å². The van der Waals surface area contributed by atoms with E-state index in [0.717, 1.165) is 18.0 Å². The number of para-hydroxylation sites is 1. The van der Waals surface area contributed by atoms with Crippen LogP contribution in [0.15, 0.2) is 36.7 Å². The minimum Gasteiger partial charge on any atom is -0.493 e. The summed E-state index contributed by atoms with van der Waals surface area (Å²) in [6.45, 7) is 0.610. The molecule has 0 bridgehead atoms. The molecule has 0 fully saturated rings. The molecule has 1 N–H and O–H groups in total. The summed E-state index contributed by atoms with van der Waals surface area (Å²) in [5, 5.41) is 6.54. The van der Waals surface area contributed by atoms with E-state index in [1.54, 1.807) is 0 Å². The van der Waals surface area contributed by atoms with E-state index in [9.17, 15) is 0 Å². The van der Waals surface area contributed by atoms with Crippen LogP contribution in [0.3, 0.4) is 0 Å². The second-order valence-corrected chi connectivity index (χ2v) is 2.84. The molecule has 4 heteroatoms. The van der Waals surface area contributed by atoms with E-state index in [-0.39, 0.29) is 0 Å². The summed E-state index contributed by atoms with van der Waals surface area (Å²) in [5.74, 6) is 1.73. The van der Waals surface area contributed by atoms with E-state index in [4.69, 9.17) is 4.74 Å². The number of rotatable bonds is 4. The maximum Gasteiger partial charge on any atom is 0.137 e. The molecule has 14 heavy (non-hydrogen) atoms. The van der Waals surface area contributed by atoms with Crippen molar-refractivity contribution in [3.8, 4) is 5.75 Å². The molecule has 0 unspecified atom stereocenters. The van der Waals surface area contributed by atoms with Crippen molar-refractivity contribution in [2.24, 2.45) is 0 Å². The van der Waals surface area contributed by atoms with Gasteiger partial charge in [0.15, 0.2) is 0 Å². The Kier molecular flexibility index (Phi) is 2.76. The van der Waals surface area contributed by atoms with Gasteiger partial charge in [0.1, 0.15) is 17.9 Å². The van der Waals surface area contributed by atoms with Gasteiger partial charge in [-0.25, -0.2) is 4.98 Å². The van der Waals surface area contributed by atoms with Crippen LogP contribution in [0, 0.1) is 0 Å². The van der Waals surface area contributed by atoms with Crippen LogP contribution in [-0.2, 0) is 6.42 Å². The van der Waals surface area contributed by atoms with Crippen molar-refractivity contribution < 1.29 is 4.74 Å². The van der Waals surface area contributed by atoms with Crippen LogP contribution in [0.4, 0.5) is 0 Å². The zero-order valence-electron chi connectivity index (χ0n) is 7.68. The zero-order chi connectivity index (χ0) is 9.64. The maximum atomic E-state index is 5.49. The molecule has 2 aromatic rings. The fraction of sp³-hybridized carbons (Fsp3) is 0.200. The van der Waals surface area contributed by atoms with E-state index < -0.39 is 0 Å². The molecule has 0 spiro atoms. The molecule has 1 aromatic heterocycles. The fourth-order valence-electron chi connectivity index (χ4n) is 1.13. The Hall–Kier alpha value is -1.84. The van der Waals surface area contributed by atoms with Gasteiger partial charge < -0.3 is 4.74 Å². The van der Waals surface area contributed by atoms with Crippen molar-refractivity contribution >= 4 is 0 Å². The van der Waals surface area contributed by atoms with Crippen LogP contribution in [0.25, 0.3) is 0 Å². The highest BCUT2D eigenvalue weighted by molar-refractivity contribution is 5.20. The lowest BCUT2D eigenvalue weighted by atomic mass is 10.3. The number of ether oxygens (including phenoxy) is 1. The van der Waals surface area contributed by atoms with Gasteiger partial charge >= 0.3 is 0 Å². The number of benzene rings is 1. The van der Waals surface area contributed by atoms with Gasteiger partial charge in [0.25, 0.3) is 0 Å². The highest BCUT2D eigenvalue weighted by atomic mass is 16.5. The Bertz CT molecular complexity index is 358. The third-order valence-electron chi connectivity index (χ3n) is 1.82. The number of hydrogen-bond acceptors (Lipinski definition) is 3. The second-order valence-electron chi connectivity index (χ2n) is 2.84. The quantitative estimate of drug-likeness (QED) is 0.791. The van der Waals surface area contributed by atoms with Crippen molar-refractivity contribution in [1.82, 2.24) is 15.2 Å². The number of hydrogen-bond donors (Lipinski definition) is 1. The summed E-state index contributed by atoms with van der Waals surface area (Å²) in [5.41, 5.74) is 0. The zero-order valence-corrected chi connectivity index (χ0v) is 7.68. The van der Waals surface area contributed by atoms with Crippen molar-refractivity contribution in [2.45, 2.75) is 6.42 Å². The molecule has 2 rings (SSSR count). The average molecular weight is 189 g/mol. The van der Waals surface area contributed by atoms with E-state index in [2.05, 4.69) is 15.2 Å². The molecule has 0 aliphatic heterocycles. The molecule has 0 aliphatic carbocycles. The summed E-state index contributed by atoms with van der Waals surface area (Å²) >= 11 is 0. The first-order valence-electron chi connectivity index (χ1n) is 4.47. The summed E-state index contributed by atoms with van der Waals surface area (Å²) < 4.78 is 5.49. The Morgan fingerprint density at radius 1 is 1.21 bits per heavy atom. The van der Waals surface area contributed by atoms with Crippen LogP contribution in [-0.4, -0.2) is 21.8 Å². The summed E-state index contributed by atoms with van der Waals surface area (Å²) in [6.07, 6.45) is 2.24. The van der Waals surface area contributed by atoms with Crippen molar-refractivity contribution in [1.29, 1.82) is 0 Å². The van der Waals surface area contributed by atoms with Crippen molar-refractivity contribution in [2.75, 3.05) is 6.61 Å². The summed E-state index contributed by atoms with van der Waals surface area (Å²) in [7, 11) is 0. The molecule has 1 aromatic carbocycles. The largest absolute Gasteiger partial charge is 0.493 e. The molecule has 0 radical (unpaired) electrons. The lowest BCUT2D eigenvalue weighted by Gasteiger charge is -2.03. The van der Waals surface area contributed by atoms with Gasteiger partial charge in [0.2, 0.25) is 0 Å². The fourth-order valence-corrected chi connectivity index (χ4v) is 1.13.